The van der Waals surface area contributed by atoms with Gasteiger partial charge in [-0.25, -0.2) is 0 Å². The van der Waals surface area contributed by atoms with Crippen molar-refractivity contribution in [2.45, 2.75) is 6.42 Å². The van der Waals surface area contributed by atoms with Gasteiger partial charge in [0.25, 0.3) is 0 Å². The first-order valence-electron chi connectivity index (χ1n) is 5.58. The average molecular weight is 385 g/mol. The van der Waals surface area contributed by atoms with Gasteiger partial charge in [0, 0.05) is 14.5 Å². The van der Waals surface area contributed by atoms with Crippen molar-refractivity contribution in [3.8, 4) is 5.75 Å². The van der Waals surface area contributed by atoms with E-state index >= 15 is 0 Å². The number of phenolic OH excluding ortho intramolecular Hbond substituents is 1. The molecule has 0 unspecified atom stereocenters. The number of carbonyl (C=O) groups is 1. The number of aromatic hydroxyl groups is 1. The minimum Gasteiger partial charge on any atom is -0.508 e. The highest BCUT2D eigenvalue weighted by molar-refractivity contribution is 9.11. The first-order chi connectivity index (χ1) is 9.06. The molecule has 2 rings (SSSR count). The molecule has 0 radical (unpaired) electrons. The van der Waals surface area contributed by atoms with Gasteiger partial charge in [-0.2, -0.15) is 0 Å². The molecule has 3 nitrogen and oxygen atoms in total. The Hall–Kier alpha value is -1.33. The van der Waals surface area contributed by atoms with Crippen LogP contribution in [-0.2, 0) is 11.2 Å². The Bertz CT molecular complexity index is 614. The van der Waals surface area contributed by atoms with Crippen LogP contribution in [0.25, 0.3) is 0 Å². The lowest BCUT2D eigenvalue weighted by atomic mass is 10.1. The van der Waals surface area contributed by atoms with E-state index < -0.39 is 0 Å². The largest absolute Gasteiger partial charge is 0.508 e. The number of carbonyl (C=O) groups excluding carboxylic acids is 1. The lowest BCUT2D eigenvalue weighted by Gasteiger charge is -2.08. The van der Waals surface area contributed by atoms with Crippen molar-refractivity contribution in [2.75, 3.05) is 5.32 Å². The predicted octanol–water partition coefficient (Wildman–Crippen LogP) is 4.10. The second-order valence-corrected chi connectivity index (χ2v) is 5.75. The molecule has 2 aromatic rings. The normalized spacial score (nSPS) is 10.2. The van der Waals surface area contributed by atoms with E-state index in [-0.39, 0.29) is 18.1 Å². The first kappa shape index (κ1) is 14.1. The van der Waals surface area contributed by atoms with Crippen LogP contribution in [0.5, 0.6) is 5.75 Å². The molecule has 0 spiro atoms. The molecule has 98 valence electrons. The average Bonchev–Trinajstić information content (AvgIpc) is 2.37. The van der Waals surface area contributed by atoms with Gasteiger partial charge in [0.2, 0.25) is 5.91 Å². The van der Waals surface area contributed by atoms with E-state index in [0.29, 0.717) is 11.3 Å². The van der Waals surface area contributed by atoms with E-state index in [0.717, 1.165) is 8.95 Å². The molecule has 0 saturated heterocycles. The van der Waals surface area contributed by atoms with E-state index in [1.807, 2.05) is 18.2 Å². The van der Waals surface area contributed by atoms with Crippen molar-refractivity contribution in [3.05, 3.63) is 57.0 Å². The number of hydrogen-bond acceptors (Lipinski definition) is 2. The summed E-state index contributed by atoms with van der Waals surface area (Å²) < 4.78 is 1.69. The van der Waals surface area contributed by atoms with Crippen LogP contribution in [0.1, 0.15) is 5.56 Å². The number of amides is 1. The van der Waals surface area contributed by atoms with Gasteiger partial charge in [-0.3, -0.25) is 4.79 Å². The fourth-order valence-corrected chi connectivity index (χ4v) is 2.33. The van der Waals surface area contributed by atoms with Gasteiger partial charge in [0.1, 0.15) is 5.75 Å². The van der Waals surface area contributed by atoms with Gasteiger partial charge < -0.3 is 10.4 Å². The molecule has 0 saturated carbocycles. The zero-order valence-corrected chi connectivity index (χ0v) is 13.0. The monoisotopic (exact) mass is 383 g/mol. The van der Waals surface area contributed by atoms with Crippen LogP contribution < -0.4 is 5.32 Å². The van der Waals surface area contributed by atoms with E-state index in [4.69, 9.17) is 0 Å². The molecule has 0 aliphatic heterocycles. The Kier molecular flexibility index (Phi) is 4.61. The molecule has 0 aromatic heterocycles. The lowest BCUT2D eigenvalue weighted by molar-refractivity contribution is -0.115. The number of nitrogens with one attached hydrogen (secondary N) is 1. The first-order valence-corrected chi connectivity index (χ1v) is 7.16. The summed E-state index contributed by atoms with van der Waals surface area (Å²) in [5.41, 5.74) is 1.29. The summed E-state index contributed by atoms with van der Waals surface area (Å²) in [5, 5.41) is 12.4. The summed E-state index contributed by atoms with van der Waals surface area (Å²) in [4.78, 5) is 11.9. The summed E-state index contributed by atoms with van der Waals surface area (Å²) in [5.74, 6) is -0.0498. The lowest BCUT2D eigenvalue weighted by Crippen LogP contribution is -2.14. The highest BCUT2D eigenvalue weighted by atomic mass is 79.9. The third-order valence-corrected chi connectivity index (χ3v) is 3.73. The Morgan fingerprint density at radius 1 is 1.16 bits per heavy atom. The minimum atomic E-state index is -0.180. The number of rotatable bonds is 3. The molecule has 5 heteroatoms. The minimum absolute atomic E-state index is 0.131. The smallest absolute Gasteiger partial charge is 0.228 e. The SMILES string of the molecule is O=C(Cc1ccccc1O)Nc1cc(Br)ccc1Br. The summed E-state index contributed by atoms with van der Waals surface area (Å²) in [6, 6.07) is 12.3. The van der Waals surface area contributed by atoms with Gasteiger partial charge in [0.05, 0.1) is 12.1 Å². The number of benzene rings is 2. The Labute approximate surface area is 127 Å². The van der Waals surface area contributed by atoms with Crippen molar-refractivity contribution in [2.24, 2.45) is 0 Å². The molecule has 0 heterocycles. The molecule has 1 amide bonds. The maximum atomic E-state index is 11.9. The predicted molar refractivity (Wildman–Crippen MR) is 82.3 cm³/mol. The molecule has 0 aliphatic rings. The molecule has 0 fully saturated rings. The zero-order valence-electron chi connectivity index (χ0n) is 9.86. The van der Waals surface area contributed by atoms with Crippen molar-refractivity contribution in [1.29, 1.82) is 0 Å². The zero-order chi connectivity index (χ0) is 13.8. The molecular formula is C14H11Br2NO2. The van der Waals surface area contributed by atoms with Crippen LogP contribution in [0.4, 0.5) is 5.69 Å². The fraction of sp³-hybridized carbons (Fsp3) is 0.0714. The van der Waals surface area contributed by atoms with Crippen molar-refractivity contribution in [1.82, 2.24) is 0 Å². The molecule has 0 aliphatic carbocycles. The van der Waals surface area contributed by atoms with E-state index in [1.165, 1.54) is 0 Å². The van der Waals surface area contributed by atoms with E-state index in [1.54, 1.807) is 24.3 Å². The molecule has 19 heavy (non-hydrogen) atoms. The molecule has 2 N–H and O–H groups in total. The third kappa shape index (κ3) is 3.81. The molecule has 2 aromatic carbocycles. The highest BCUT2D eigenvalue weighted by Gasteiger charge is 2.09. The molecular weight excluding hydrogens is 374 g/mol. The van der Waals surface area contributed by atoms with Crippen LogP contribution in [0.3, 0.4) is 0 Å². The number of para-hydroxylation sites is 1. The Morgan fingerprint density at radius 2 is 1.89 bits per heavy atom. The van der Waals surface area contributed by atoms with Crippen LogP contribution in [0, 0.1) is 0 Å². The maximum Gasteiger partial charge on any atom is 0.228 e. The number of phenols is 1. The standard InChI is InChI=1S/C14H11Br2NO2/c15-10-5-6-11(16)12(8-10)17-14(19)7-9-3-1-2-4-13(9)18/h1-6,8,18H,7H2,(H,17,19). The third-order valence-electron chi connectivity index (χ3n) is 2.55. The summed E-state index contributed by atoms with van der Waals surface area (Å²) in [7, 11) is 0. The number of hydrogen-bond donors (Lipinski definition) is 2. The summed E-state index contributed by atoms with van der Waals surface area (Å²) in [6.07, 6.45) is 0.131. The van der Waals surface area contributed by atoms with E-state index in [9.17, 15) is 9.90 Å². The van der Waals surface area contributed by atoms with Crippen molar-refractivity contribution >= 4 is 43.5 Å². The van der Waals surface area contributed by atoms with Crippen molar-refractivity contribution < 1.29 is 9.90 Å². The molecule has 0 bridgehead atoms. The van der Waals surface area contributed by atoms with Crippen LogP contribution in [0.2, 0.25) is 0 Å². The van der Waals surface area contributed by atoms with E-state index in [2.05, 4.69) is 37.2 Å². The fourth-order valence-electron chi connectivity index (χ4n) is 1.62. The number of halogens is 2. The van der Waals surface area contributed by atoms with Crippen LogP contribution in [0.15, 0.2) is 51.4 Å². The highest BCUT2D eigenvalue weighted by Crippen LogP contribution is 2.26. The Balaban J connectivity index is 2.10. The van der Waals surface area contributed by atoms with Gasteiger partial charge in [-0.15, -0.1) is 0 Å². The summed E-state index contributed by atoms with van der Waals surface area (Å²) in [6.45, 7) is 0. The summed E-state index contributed by atoms with van der Waals surface area (Å²) >= 11 is 6.73. The second kappa shape index (κ2) is 6.21. The second-order valence-electron chi connectivity index (χ2n) is 3.98. The van der Waals surface area contributed by atoms with Gasteiger partial charge in [-0.05, 0) is 40.2 Å². The van der Waals surface area contributed by atoms with Gasteiger partial charge >= 0.3 is 0 Å². The van der Waals surface area contributed by atoms with Gasteiger partial charge in [-0.1, -0.05) is 34.1 Å². The maximum absolute atomic E-state index is 11.9. The van der Waals surface area contributed by atoms with Gasteiger partial charge in [0.15, 0.2) is 0 Å². The Morgan fingerprint density at radius 3 is 2.63 bits per heavy atom. The van der Waals surface area contributed by atoms with Crippen LogP contribution >= 0.6 is 31.9 Å². The molecule has 0 atom stereocenters. The quantitative estimate of drug-likeness (QED) is 0.836. The van der Waals surface area contributed by atoms with Crippen molar-refractivity contribution in [3.63, 3.8) is 0 Å². The van der Waals surface area contributed by atoms with Crippen LogP contribution in [-0.4, -0.2) is 11.0 Å². The topological polar surface area (TPSA) is 49.3 Å². The number of anilines is 1.